The van der Waals surface area contributed by atoms with Crippen LogP contribution in [0, 0.1) is 18.7 Å². The predicted octanol–water partition coefficient (Wildman–Crippen LogP) is 4.24. The van der Waals surface area contributed by atoms with E-state index in [1.807, 2.05) is 6.92 Å². The number of carbonyl (C=O) groups excluding carboxylic acids is 1. The molecule has 0 amide bonds. The molecule has 0 saturated heterocycles. The topological polar surface area (TPSA) is 35.5 Å². The van der Waals surface area contributed by atoms with Gasteiger partial charge in [-0.15, -0.1) is 0 Å². The van der Waals surface area contributed by atoms with E-state index < -0.39 is 5.82 Å². The standard InChI is InChI=1S/C20H21FO3/c1-3-23-17-11-10-15-12-16(20(22)24-19(15)18(17)21)9-8-14-6-4-13(2)5-7-14/h4-7,10-11,16H,3,8-9,12H2,1-2H3. The van der Waals surface area contributed by atoms with Gasteiger partial charge in [0.25, 0.3) is 0 Å². The molecular formula is C20H21FO3. The van der Waals surface area contributed by atoms with Gasteiger partial charge in [0, 0.05) is 0 Å². The van der Waals surface area contributed by atoms with Crippen molar-refractivity contribution in [2.75, 3.05) is 6.61 Å². The largest absolute Gasteiger partial charge is 0.491 e. The van der Waals surface area contributed by atoms with Gasteiger partial charge in [0.1, 0.15) is 0 Å². The lowest BCUT2D eigenvalue weighted by Crippen LogP contribution is -2.28. The summed E-state index contributed by atoms with van der Waals surface area (Å²) in [5.41, 5.74) is 3.13. The Hall–Kier alpha value is -2.36. The zero-order valence-corrected chi connectivity index (χ0v) is 14.0. The number of aryl methyl sites for hydroxylation is 2. The molecule has 2 aromatic carbocycles. The second-order valence-corrected chi connectivity index (χ2v) is 6.15. The van der Waals surface area contributed by atoms with Gasteiger partial charge in [-0.05, 0) is 50.3 Å². The van der Waals surface area contributed by atoms with E-state index in [1.54, 1.807) is 19.1 Å². The van der Waals surface area contributed by atoms with Gasteiger partial charge in [0.05, 0.1) is 12.5 Å². The first-order valence-corrected chi connectivity index (χ1v) is 8.30. The van der Waals surface area contributed by atoms with Gasteiger partial charge < -0.3 is 9.47 Å². The summed E-state index contributed by atoms with van der Waals surface area (Å²) in [6.07, 6.45) is 1.99. The molecule has 1 unspecified atom stereocenters. The fourth-order valence-electron chi connectivity index (χ4n) is 2.96. The average Bonchev–Trinajstić information content (AvgIpc) is 2.58. The van der Waals surface area contributed by atoms with Crippen LogP contribution in [0.5, 0.6) is 11.5 Å². The summed E-state index contributed by atoms with van der Waals surface area (Å²) in [7, 11) is 0. The molecule has 0 bridgehead atoms. The fraction of sp³-hybridized carbons (Fsp3) is 0.350. The molecule has 1 aliphatic rings. The highest BCUT2D eigenvalue weighted by atomic mass is 19.1. The second-order valence-electron chi connectivity index (χ2n) is 6.15. The lowest BCUT2D eigenvalue weighted by atomic mass is 9.90. The summed E-state index contributed by atoms with van der Waals surface area (Å²) in [5, 5.41) is 0. The lowest BCUT2D eigenvalue weighted by Gasteiger charge is -2.24. The van der Waals surface area contributed by atoms with E-state index in [-0.39, 0.29) is 23.4 Å². The van der Waals surface area contributed by atoms with Crippen LogP contribution in [0.25, 0.3) is 0 Å². The maximum Gasteiger partial charge on any atom is 0.314 e. The summed E-state index contributed by atoms with van der Waals surface area (Å²) in [6, 6.07) is 11.7. The first kappa shape index (κ1) is 16.5. The quantitative estimate of drug-likeness (QED) is 0.608. The van der Waals surface area contributed by atoms with Gasteiger partial charge in [-0.1, -0.05) is 35.9 Å². The molecule has 3 rings (SSSR count). The molecule has 0 N–H and O–H groups in total. The third kappa shape index (κ3) is 3.42. The maximum absolute atomic E-state index is 14.3. The minimum atomic E-state index is -0.584. The molecule has 1 aliphatic heterocycles. The summed E-state index contributed by atoms with van der Waals surface area (Å²) in [4.78, 5) is 12.2. The zero-order chi connectivity index (χ0) is 17.1. The predicted molar refractivity (Wildman–Crippen MR) is 89.9 cm³/mol. The zero-order valence-electron chi connectivity index (χ0n) is 14.0. The first-order valence-electron chi connectivity index (χ1n) is 8.30. The van der Waals surface area contributed by atoms with Crippen LogP contribution >= 0.6 is 0 Å². The molecule has 0 aromatic heterocycles. The van der Waals surface area contributed by atoms with E-state index in [2.05, 4.69) is 24.3 Å². The van der Waals surface area contributed by atoms with Gasteiger partial charge >= 0.3 is 5.97 Å². The molecule has 4 heteroatoms. The Labute approximate surface area is 141 Å². The number of esters is 1. The van der Waals surface area contributed by atoms with Crippen LogP contribution in [0.2, 0.25) is 0 Å². The Morgan fingerprint density at radius 1 is 1.21 bits per heavy atom. The van der Waals surface area contributed by atoms with Crippen molar-refractivity contribution in [3.8, 4) is 11.5 Å². The summed E-state index contributed by atoms with van der Waals surface area (Å²) < 4.78 is 24.8. The number of rotatable bonds is 5. The highest BCUT2D eigenvalue weighted by Crippen LogP contribution is 2.36. The molecule has 1 heterocycles. The Bertz CT molecular complexity index is 737. The summed E-state index contributed by atoms with van der Waals surface area (Å²) in [5.74, 6) is -1.03. The van der Waals surface area contributed by atoms with Gasteiger partial charge in [0.15, 0.2) is 11.5 Å². The normalized spacial score (nSPS) is 16.5. The van der Waals surface area contributed by atoms with Crippen molar-refractivity contribution in [2.45, 2.75) is 33.1 Å². The number of fused-ring (bicyclic) bond motifs is 1. The van der Waals surface area contributed by atoms with Crippen molar-refractivity contribution in [2.24, 2.45) is 5.92 Å². The van der Waals surface area contributed by atoms with Gasteiger partial charge in [-0.3, -0.25) is 4.79 Å². The number of benzene rings is 2. The van der Waals surface area contributed by atoms with E-state index >= 15 is 0 Å². The fourth-order valence-corrected chi connectivity index (χ4v) is 2.96. The molecule has 2 aromatic rings. The number of halogens is 1. The van der Waals surface area contributed by atoms with E-state index in [0.29, 0.717) is 19.4 Å². The van der Waals surface area contributed by atoms with Crippen molar-refractivity contribution in [1.29, 1.82) is 0 Å². The highest BCUT2D eigenvalue weighted by Gasteiger charge is 2.31. The molecule has 0 saturated carbocycles. The first-order chi connectivity index (χ1) is 11.6. The minimum Gasteiger partial charge on any atom is -0.491 e. The van der Waals surface area contributed by atoms with E-state index in [1.165, 1.54) is 11.1 Å². The molecular weight excluding hydrogens is 307 g/mol. The average molecular weight is 328 g/mol. The smallest absolute Gasteiger partial charge is 0.314 e. The molecule has 1 atom stereocenters. The molecule has 24 heavy (non-hydrogen) atoms. The van der Waals surface area contributed by atoms with Crippen LogP contribution in [0.15, 0.2) is 36.4 Å². The number of carbonyl (C=O) groups is 1. The van der Waals surface area contributed by atoms with E-state index in [9.17, 15) is 9.18 Å². The van der Waals surface area contributed by atoms with E-state index in [0.717, 1.165) is 12.0 Å². The van der Waals surface area contributed by atoms with Crippen molar-refractivity contribution in [3.05, 3.63) is 58.9 Å². The highest BCUT2D eigenvalue weighted by molar-refractivity contribution is 5.78. The van der Waals surface area contributed by atoms with Crippen LogP contribution < -0.4 is 9.47 Å². The van der Waals surface area contributed by atoms with Crippen LogP contribution in [-0.4, -0.2) is 12.6 Å². The Balaban J connectivity index is 1.71. The molecule has 0 radical (unpaired) electrons. The van der Waals surface area contributed by atoms with Gasteiger partial charge in [-0.25, -0.2) is 0 Å². The Kier molecular flexibility index (Phi) is 4.84. The van der Waals surface area contributed by atoms with Gasteiger partial charge in [0.2, 0.25) is 5.82 Å². The SMILES string of the molecule is CCOc1ccc2c(c1F)OC(=O)C(CCc1ccc(C)cc1)C2. The third-order valence-electron chi connectivity index (χ3n) is 4.35. The lowest BCUT2D eigenvalue weighted by molar-refractivity contribution is -0.140. The van der Waals surface area contributed by atoms with Crippen molar-refractivity contribution in [3.63, 3.8) is 0 Å². The maximum atomic E-state index is 14.3. The van der Waals surface area contributed by atoms with E-state index in [4.69, 9.17) is 9.47 Å². The van der Waals surface area contributed by atoms with Crippen molar-refractivity contribution in [1.82, 2.24) is 0 Å². The van der Waals surface area contributed by atoms with Crippen LogP contribution in [0.4, 0.5) is 4.39 Å². The van der Waals surface area contributed by atoms with Crippen LogP contribution in [0.3, 0.4) is 0 Å². The summed E-state index contributed by atoms with van der Waals surface area (Å²) >= 11 is 0. The molecule has 0 aliphatic carbocycles. The monoisotopic (exact) mass is 328 g/mol. The second kappa shape index (κ2) is 7.04. The molecule has 0 fully saturated rings. The molecule has 126 valence electrons. The Morgan fingerprint density at radius 2 is 1.96 bits per heavy atom. The Morgan fingerprint density at radius 3 is 2.67 bits per heavy atom. The van der Waals surface area contributed by atoms with Crippen molar-refractivity contribution >= 4 is 5.97 Å². The number of hydrogen-bond donors (Lipinski definition) is 0. The minimum absolute atomic E-state index is 0.0255. The third-order valence-corrected chi connectivity index (χ3v) is 4.35. The van der Waals surface area contributed by atoms with Crippen molar-refractivity contribution < 1.29 is 18.7 Å². The van der Waals surface area contributed by atoms with Crippen LogP contribution in [0.1, 0.15) is 30.0 Å². The molecule has 0 spiro atoms. The van der Waals surface area contributed by atoms with Gasteiger partial charge in [-0.2, -0.15) is 4.39 Å². The number of ether oxygens (including phenoxy) is 2. The molecule has 3 nitrogen and oxygen atoms in total. The summed E-state index contributed by atoms with van der Waals surface area (Å²) in [6.45, 7) is 4.19. The van der Waals surface area contributed by atoms with Crippen LogP contribution in [-0.2, 0) is 17.6 Å². The number of hydrogen-bond acceptors (Lipinski definition) is 3.